The Morgan fingerprint density at radius 3 is 2.83 bits per heavy atom. The van der Waals surface area contributed by atoms with Crippen molar-refractivity contribution in [2.24, 2.45) is 7.05 Å². The Hall–Kier alpha value is -3.03. The van der Waals surface area contributed by atoms with Gasteiger partial charge in [0.1, 0.15) is 11.9 Å². The lowest BCUT2D eigenvalue weighted by Crippen LogP contribution is -2.46. The maximum atomic E-state index is 12.7. The number of aromatic nitrogens is 1. The van der Waals surface area contributed by atoms with Gasteiger partial charge in [-0.05, 0) is 29.3 Å². The molecule has 7 nitrogen and oxygen atoms in total. The summed E-state index contributed by atoms with van der Waals surface area (Å²) in [6.45, 7) is 0.186. The van der Waals surface area contributed by atoms with Crippen molar-refractivity contribution < 1.29 is 23.8 Å². The van der Waals surface area contributed by atoms with E-state index in [1.54, 1.807) is 0 Å². The number of esters is 2. The maximum absolute atomic E-state index is 12.7. The molecule has 0 spiro atoms. The molecule has 0 fully saturated rings. The predicted octanol–water partition coefficient (Wildman–Crippen LogP) is 2.82. The zero-order chi connectivity index (χ0) is 20.8. The van der Waals surface area contributed by atoms with E-state index in [4.69, 9.17) is 25.8 Å². The Morgan fingerprint density at radius 2 is 2.00 bits per heavy atom. The summed E-state index contributed by atoms with van der Waals surface area (Å²) in [5.41, 5.74) is 4.10. The lowest BCUT2D eigenvalue weighted by molar-refractivity contribution is -0.159. The van der Waals surface area contributed by atoms with Crippen LogP contribution in [0.1, 0.15) is 22.9 Å². The van der Waals surface area contributed by atoms with Crippen LogP contribution < -0.4 is 14.8 Å². The molecule has 3 heterocycles. The monoisotopic (exact) mass is 426 g/mol. The number of aryl methyl sites for hydroxylation is 1. The number of halogens is 1. The summed E-state index contributed by atoms with van der Waals surface area (Å²) in [4.78, 5) is 24.2. The minimum Gasteiger partial charge on any atom is -0.454 e. The fourth-order valence-corrected chi connectivity index (χ4v) is 4.38. The Balaban J connectivity index is 1.62. The summed E-state index contributed by atoms with van der Waals surface area (Å²) in [6.07, 6.45) is 0.409. The molecule has 2 aliphatic heterocycles. The van der Waals surface area contributed by atoms with Crippen molar-refractivity contribution in [3.63, 3.8) is 0 Å². The highest BCUT2D eigenvalue weighted by Gasteiger charge is 2.37. The van der Waals surface area contributed by atoms with E-state index in [1.807, 2.05) is 43.4 Å². The molecule has 0 saturated heterocycles. The van der Waals surface area contributed by atoms with Gasteiger partial charge in [0, 0.05) is 30.1 Å². The van der Waals surface area contributed by atoms with Gasteiger partial charge >= 0.3 is 11.9 Å². The van der Waals surface area contributed by atoms with E-state index in [9.17, 15) is 9.59 Å². The normalized spacial score (nSPS) is 19.5. The molecule has 2 aliphatic rings. The van der Waals surface area contributed by atoms with Gasteiger partial charge in [-0.2, -0.15) is 0 Å². The van der Waals surface area contributed by atoms with E-state index in [2.05, 4.69) is 16.0 Å². The number of nitrogens with one attached hydrogen (secondary N) is 1. The number of nitrogens with zero attached hydrogens (tertiary/aromatic N) is 1. The van der Waals surface area contributed by atoms with Crippen LogP contribution in [-0.4, -0.2) is 35.2 Å². The standard InChI is InChI=1S/C22H19ClN2O5/c1-25-16-5-3-2-4-13(16)14-9-15(22(27)30-19(26)10-23)24-20(21(14)25)12-6-7-17-18(8-12)29-11-28-17/h2-8,15,20,24H,9-11H2,1H3/t15-,20-/m1/s1. The largest absolute Gasteiger partial charge is 0.454 e. The molecule has 0 bridgehead atoms. The average molecular weight is 427 g/mol. The number of benzene rings is 2. The predicted molar refractivity (Wildman–Crippen MR) is 110 cm³/mol. The van der Waals surface area contributed by atoms with Gasteiger partial charge in [-0.3, -0.25) is 10.1 Å². The fourth-order valence-electron chi connectivity index (χ4n) is 4.33. The second-order valence-corrected chi connectivity index (χ2v) is 7.60. The van der Waals surface area contributed by atoms with Crippen LogP contribution in [0.4, 0.5) is 0 Å². The van der Waals surface area contributed by atoms with Crippen molar-refractivity contribution >= 4 is 34.4 Å². The first-order chi connectivity index (χ1) is 14.6. The minimum absolute atomic E-state index is 0.186. The highest BCUT2D eigenvalue weighted by Crippen LogP contribution is 2.40. The Kier molecular flexibility index (Phi) is 4.64. The zero-order valence-electron chi connectivity index (χ0n) is 16.2. The fraction of sp³-hybridized carbons (Fsp3) is 0.273. The topological polar surface area (TPSA) is 78.8 Å². The highest BCUT2D eigenvalue weighted by atomic mass is 35.5. The zero-order valence-corrected chi connectivity index (χ0v) is 16.9. The molecule has 2 aromatic carbocycles. The van der Waals surface area contributed by atoms with Crippen molar-refractivity contribution in [3.05, 3.63) is 59.3 Å². The SMILES string of the molecule is Cn1c2c(c3ccccc31)C[C@H](C(=O)OC(=O)CCl)N[C@@H]2c1ccc2c(c1)OCO2. The number of alkyl halides is 1. The van der Waals surface area contributed by atoms with E-state index in [0.29, 0.717) is 17.9 Å². The van der Waals surface area contributed by atoms with Gasteiger partial charge in [-0.15, -0.1) is 11.6 Å². The van der Waals surface area contributed by atoms with Crippen LogP contribution >= 0.6 is 11.6 Å². The first-order valence-corrected chi connectivity index (χ1v) is 10.1. The highest BCUT2D eigenvalue weighted by molar-refractivity contribution is 6.27. The lowest BCUT2D eigenvalue weighted by Gasteiger charge is -2.31. The van der Waals surface area contributed by atoms with Crippen LogP contribution in [0.5, 0.6) is 11.5 Å². The van der Waals surface area contributed by atoms with Crippen LogP contribution in [-0.2, 0) is 27.8 Å². The van der Waals surface area contributed by atoms with Gasteiger partial charge in [0.15, 0.2) is 11.5 Å². The van der Waals surface area contributed by atoms with E-state index in [1.165, 1.54) is 0 Å². The first kappa shape index (κ1) is 19.0. The van der Waals surface area contributed by atoms with E-state index in [-0.39, 0.29) is 18.7 Å². The van der Waals surface area contributed by atoms with Crippen molar-refractivity contribution in [1.82, 2.24) is 9.88 Å². The van der Waals surface area contributed by atoms with Crippen LogP contribution in [0.3, 0.4) is 0 Å². The summed E-state index contributed by atoms with van der Waals surface area (Å²) in [5, 5.41) is 4.43. The second kappa shape index (κ2) is 7.34. The van der Waals surface area contributed by atoms with Gasteiger partial charge in [0.05, 0.1) is 6.04 Å². The molecule has 8 heteroatoms. The van der Waals surface area contributed by atoms with Crippen molar-refractivity contribution in [1.29, 1.82) is 0 Å². The Morgan fingerprint density at radius 1 is 1.20 bits per heavy atom. The molecule has 1 N–H and O–H groups in total. The first-order valence-electron chi connectivity index (χ1n) is 9.59. The molecule has 0 amide bonds. The third-order valence-corrected chi connectivity index (χ3v) is 5.87. The number of carbonyl (C=O) groups excluding carboxylic acids is 2. The van der Waals surface area contributed by atoms with Gasteiger partial charge in [0.25, 0.3) is 0 Å². The molecule has 3 aromatic rings. The number of ether oxygens (including phenoxy) is 3. The smallest absolute Gasteiger partial charge is 0.331 e. The number of hydrogen-bond donors (Lipinski definition) is 1. The summed E-state index contributed by atoms with van der Waals surface area (Å²) < 4.78 is 18.0. The van der Waals surface area contributed by atoms with Crippen molar-refractivity contribution in [2.75, 3.05) is 12.7 Å². The third kappa shape index (κ3) is 3.02. The van der Waals surface area contributed by atoms with Crippen LogP contribution in [0.15, 0.2) is 42.5 Å². The average Bonchev–Trinajstić information content (AvgIpc) is 3.35. The van der Waals surface area contributed by atoms with Crippen LogP contribution in [0, 0.1) is 0 Å². The molecule has 0 radical (unpaired) electrons. The second-order valence-electron chi connectivity index (χ2n) is 7.34. The third-order valence-electron chi connectivity index (χ3n) is 5.65. The molecule has 2 atom stereocenters. The van der Waals surface area contributed by atoms with Crippen LogP contribution in [0.25, 0.3) is 10.9 Å². The Bertz CT molecular complexity index is 1170. The van der Waals surface area contributed by atoms with Gasteiger partial charge in [-0.25, -0.2) is 4.79 Å². The number of fused-ring (bicyclic) bond motifs is 4. The summed E-state index contributed by atoms with van der Waals surface area (Å²) in [5.74, 6) is -0.410. The molecule has 0 unspecified atom stereocenters. The van der Waals surface area contributed by atoms with Gasteiger partial charge in [-0.1, -0.05) is 24.3 Å². The summed E-state index contributed by atoms with van der Waals surface area (Å²) in [7, 11) is 2.01. The molecule has 30 heavy (non-hydrogen) atoms. The molecular weight excluding hydrogens is 408 g/mol. The lowest BCUT2D eigenvalue weighted by atomic mass is 9.90. The number of carbonyl (C=O) groups is 2. The molecular formula is C22H19ClN2O5. The number of hydrogen-bond acceptors (Lipinski definition) is 6. The molecule has 5 rings (SSSR count). The quantitative estimate of drug-likeness (QED) is 0.394. The van der Waals surface area contributed by atoms with Gasteiger partial charge < -0.3 is 18.8 Å². The Labute approximate surface area is 177 Å². The molecule has 154 valence electrons. The molecule has 1 aromatic heterocycles. The van der Waals surface area contributed by atoms with Crippen molar-refractivity contribution in [2.45, 2.75) is 18.5 Å². The molecule has 0 saturated carbocycles. The van der Waals surface area contributed by atoms with E-state index < -0.39 is 18.0 Å². The minimum atomic E-state index is -0.758. The van der Waals surface area contributed by atoms with E-state index in [0.717, 1.165) is 27.7 Å². The number of rotatable bonds is 3. The van der Waals surface area contributed by atoms with Crippen molar-refractivity contribution in [3.8, 4) is 11.5 Å². The molecule has 0 aliphatic carbocycles. The maximum Gasteiger partial charge on any atom is 0.331 e. The van der Waals surface area contributed by atoms with Crippen LogP contribution in [0.2, 0.25) is 0 Å². The van der Waals surface area contributed by atoms with E-state index >= 15 is 0 Å². The van der Waals surface area contributed by atoms with Gasteiger partial charge in [0.2, 0.25) is 6.79 Å². The number of para-hydroxylation sites is 1. The summed E-state index contributed by atoms with van der Waals surface area (Å²) in [6, 6.07) is 12.8. The summed E-state index contributed by atoms with van der Waals surface area (Å²) >= 11 is 5.50.